The summed E-state index contributed by atoms with van der Waals surface area (Å²) in [7, 11) is 1.22. The van der Waals surface area contributed by atoms with Crippen LogP contribution in [0.3, 0.4) is 0 Å². The number of hydrogen-bond acceptors (Lipinski definition) is 2. The van der Waals surface area contributed by atoms with E-state index in [-0.39, 0.29) is 5.69 Å². The highest BCUT2D eigenvalue weighted by Gasteiger charge is 2.15. The molecule has 0 bridgehead atoms. The molecule has 0 heterocycles. The van der Waals surface area contributed by atoms with E-state index in [1.165, 1.54) is 19.2 Å². The van der Waals surface area contributed by atoms with E-state index in [2.05, 4.69) is 5.32 Å². The van der Waals surface area contributed by atoms with Crippen molar-refractivity contribution in [2.24, 2.45) is 0 Å². The fourth-order valence-electron chi connectivity index (χ4n) is 1.09. The monoisotopic (exact) mass is 244 g/mol. The minimum absolute atomic E-state index is 0.341. The molecule has 1 aromatic rings. The van der Waals surface area contributed by atoms with Crippen LogP contribution in [0.4, 0.5) is 19.3 Å². The van der Waals surface area contributed by atoms with E-state index in [1.54, 1.807) is 0 Å². The van der Waals surface area contributed by atoms with Gasteiger partial charge < -0.3 is 15.3 Å². The molecule has 0 radical (unpaired) electrons. The zero-order valence-corrected chi connectivity index (χ0v) is 8.91. The van der Waals surface area contributed by atoms with Crippen LogP contribution in [0.25, 0.3) is 0 Å². The molecule has 0 aromatic heterocycles. The third kappa shape index (κ3) is 3.40. The molecule has 0 unspecified atom stereocenters. The summed E-state index contributed by atoms with van der Waals surface area (Å²) in [6, 6.07) is 2.47. The predicted molar refractivity (Wildman–Crippen MR) is 55.6 cm³/mol. The third-order valence-electron chi connectivity index (χ3n) is 1.91. The van der Waals surface area contributed by atoms with Crippen LogP contribution in [0.5, 0.6) is 0 Å². The highest BCUT2D eigenvalue weighted by molar-refractivity contribution is 5.91. The van der Waals surface area contributed by atoms with Crippen LogP contribution in [0, 0.1) is 11.6 Å². The SMILES string of the molecule is CN(CC(=O)O)C(=O)Nc1cccc(F)c1F. The number of nitrogens with one attached hydrogen (secondary N) is 1. The van der Waals surface area contributed by atoms with Crippen molar-refractivity contribution >= 4 is 17.7 Å². The van der Waals surface area contributed by atoms with Crippen LogP contribution in [0.15, 0.2) is 18.2 Å². The summed E-state index contributed by atoms with van der Waals surface area (Å²) in [4.78, 5) is 22.5. The molecule has 2 N–H and O–H groups in total. The van der Waals surface area contributed by atoms with E-state index in [4.69, 9.17) is 5.11 Å². The van der Waals surface area contributed by atoms with Crippen LogP contribution in [0.2, 0.25) is 0 Å². The number of hydrogen-bond donors (Lipinski definition) is 2. The first-order valence-electron chi connectivity index (χ1n) is 4.59. The summed E-state index contributed by atoms with van der Waals surface area (Å²) >= 11 is 0. The number of nitrogens with zero attached hydrogens (tertiary/aromatic N) is 1. The quantitative estimate of drug-likeness (QED) is 0.846. The Kier molecular flexibility index (Phi) is 3.97. The number of urea groups is 1. The Bertz CT molecular complexity index is 451. The first-order valence-corrected chi connectivity index (χ1v) is 4.59. The second-order valence-corrected chi connectivity index (χ2v) is 3.28. The van der Waals surface area contributed by atoms with Gasteiger partial charge in [-0.3, -0.25) is 4.79 Å². The molecule has 2 amide bonds. The molecule has 5 nitrogen and oxygen atoms in total. The van der Waals surface area contributed by atoms with E-state index < -0.39 is 30.2 Å². The predicted octanol–water partition coefficient (Wildman–Crippen LogP) is 1.51. The first kappa shape index (κ1) is 12.9. The van der Waals surface area contributed by atoms with Crippen LogP contribution >= 0.6 is 0 Å². The number of halogens is 2. The van der Waals surface area contributed by atoms with Gasteiger partial charge >= 0.3 is 12.0 Å². The van der Waals surface area contributed by atoms with Gasteiger partial charge in [-0.2, -0.15) is 0 Å². The van der Waals surface area contributed by atoms with Crippen molar-refractivity contribution in [2.45, 2.75) is 0 Å². The second-order valence-electron chi connectivity index (χ2n) is 3.28. The Labute approximate surface area is 95.6 Å². The number of aliphatic carboxylic acids is 1. The van der Waals surface area contributed by atoms with Gasteiger partial charge in [-0.25, -0.2) is 13.6 Å². The fraction of sp³-hybridized carbons (Fsp3) is 0.200. The molecule has 0 fully saturated rings. The molecule has 0 aliphatic heterocycles. The van der Waals surface area contributed by atoms with Gasteiger partial charge in [-0.15, -0.1) is 0 Å². The Balaban J connectivity index is 2.74. The Morgan fingerprint density at radius 1 is 1.41 bits per heavy atom. The highest BCUT2D eigenvalue weighted by atomic mass is 19.2. The van der Waals surface area contributed by atoms with Crippen molar-refractivity contribution in [1.29, 1.82) is 0 Å². The molecular weight excluding hydrogens is 234 g/mol. The molecule has 17 heavy (non-hydrogen) atoms. The summed E-state index contributed by atoms with van der Waals surface area (Å²) < 4.78 is 26.0. The average Bonchev–Trinajstić information content (AvgIpc) is 2.23. The molecule has 0 atom stereocenters. The Morgan fingerprint density at radius 2 is 2.06 bits per heavy atom. The van der Waals surface area contributed by atoms with Gasteiger partial charge in [0.15, 0.2) is 11.6 Å². The number of anilines is 1. The zero-order chi connectivity index (χ0) is 13.0. The minimum Gasteiger partial charge on any atom is -0.480 e. The fourth-order valence-corrected chi connectivity index (χ4v) is 1.09. The molecule has 7 heteroatoms. The number of rotatable bonds is 3. The van der Waals surface area contributed by atoms with Crippen LogP contribution in [-0.2, 0) is 4.79 Å². The van der Waals surface area contributed by atoms with Crippen molar-refractivity contribution < 1.29 is 23.5 Å². The summed E-state index contributed by atoms with van der Waals surface area (Å²) in [5, 5.41) is 10.5. The molecule has 0 saturated heterocycles. The lowest BCUT2D eigenvalue weighted by molar-refractivity contribution is -0.137. The molecule has 0 aliphatic rings. The molecule has 1 aromatic carbocycles. The lowest BCUT2D eigenvalue weighted by Gasteiger charge is -2.15. The third-order valence-corrected chi connectivity index (χ3v) is 1.91. The van der Waals surface area contributed by atoms with Crippen molar-refractivity contribution in [2.75, 3.05) is 18.9 Å². The number of benzene rings is 1. The smallest absolute Gasteiger partial charge is 0.323 e. The standard InChI is InChI=1S/C10H10F2N2O3/c1-14(5-8(15)16)10(17)13-7-4-2-3-6(11)9(7)12/h2-4H,5H2,1H3,(H,13,17)(H,15,16). The van der Waals surface area contributed by atoms with E-state index in [9.17, 15) is 18.4 Å². The van der Waals surface area contributed by atoms with Gasteiger partial charge in [0.25, 0.3) is 0 Å². The summed E-state index contributed by atoms with van der Waals surface area (Å²) in [6.07, 6.45) is 0. The number of amides is 2. The van der Waals surface area contributed by atoms with E-state index in [1.807, 2.05) is 0 Å². The van der Waals surface area contributed by atoms with E-state index in [0.717, 1.165) is 11.0 Å². The maximum atomic E-state index is 13.2. The van der Waals surface area contributed by atoms with Crippen LogP contribution in [0.1, 0.15) is 0 Å². The van der Waals surface area contributed by atoms with Gasteiger partial charge in [-0.05, 0) is 12.1 Å². The van der Waals surface area contributed by atoms with E-state index in [0.29, 0.717) is 0 Å². The Morgan fingerprint density at radius 3 is 2.65 bits per heavy atom. The lowest BCUT2D eigenvalue weighted by Crippen LogP contribution is -2.35. The number of carboxylic acid groups (broad SMARTS) is 1. The number of carbonyl (C=O) groups is 2. The van der Waals surface area contributed by atoms with Crippen LogP contribution < -0.4 is 5.32 Å². The van der Waals surface area contributed by atoms with Crippen molar-refractivity contribution in [3.63, 3.8) is 0 Å². The molecule has 0 aliphatic carbocycles. The molecule has 0 saturated carbocycles. The van der Waals surface area contributed by atoms with Crippen molar-refractivity contribution in [1.82, 2.24) is 4.90 Å². The number of likely N-dealkylation sites (N-methyl/N-ethyl adjacent to an activating group) is 1. The van der Waals surface area contributed by atoms with Crippen LogP contribution in [-0.4, -0.2) is 35.6 Å². The largest absolute Gasteiger partial charge is 0.480 e. The zero-order valence-electron chi connectivity index (χ0n) is 8.91. The number of carboxylic acids is 1. The van der Waals surface area contributed by atoms with Crippen molar-refractivity contribution in [3.05, 3.63) is 29.8 Å². The second kappa shape index (κ2) is 5.24. The molecule has 1 rings (SSSR count). The Hall–Kier alpha value is -2.18. The summed E-state index contributed by atoms with van der Waals surface area (Å²) in [5.41, 5.74) is -0.341. The highest BCUT2D eigenvalue weighted by Crippen LogP contribution is 2.16. The minimum atomic E-state index is -1.21. The lowest BCUT2D eigenvalue weighted by atomic mass is 10.3. The maximum absolute atomic E-state index is 13.2. The van der Waals surface area contributed by atoms with Gasteiger partial charge in [0.1, 0.15) is 6.54 Å². The molecule has 92 valence electrons. The summed E-state index contributed by atoms with van der Waals surface area (Å²) in [6.45, 7) is -0.539. The van der Waals surface area contributed by atoms with E-state index >= 15 is 0 Å². The average molecular weight is 244 g/mol. The topological polar surface area (TPSA) is 69.6 Å². The maximum Gasteiger partial charge on any atom is 0.323 e. The summed E-state index contributed by atoms with van der Waals surface area (Å²) in [5.74, 6) is -3.49. The normalized spacial score (nSPS) is 9.82. The van der Waals surface area contributed by atoms with Gasteiger partial charge in [0, 0.05) is 7.05 Å². The number of carbonyl (C=O) groups excluding carboxylic acids is 1. The van der Waals surface area contributed by atoms with Crippen molar-refractivity contribution in [3.8, 4) is 0 Å². The van der Waals surface area contributed by atoms with Gasteiger partial charge in [0.05, 0.1) is 5.69 Å². The molecular formula is C10H10F2N2O3. The van der Waals surface area contributed by atoms with Gasteiger partial charge in [-0.1, -0.05) is 6.07 Å². The first-order chi connectivity index (χ1) is 7.91. The van der Waals surface area contributed by atoms with Gasteiger partial charge in [0.2, 0.25) is 0 Å². The molecule has 0 spiro atoms.